The Hall–Kier alpha value is -2.07. The lowest BCUT2D eigenvalue weighted by atomic mass is 9.78. The molecule has 0 bridgehead atoms. The van der Waals surface area contributed by atoms with Gasteiger partial charge in [-0.15, -0.1) is 6.58 Å². The molecule has 4 nitrogen and oxygen atoms in total. The van der Waals surface area contributed by atoms with Crippen molar-refractivity contribution >= 4 is 11.0 Å². The first kappa shape index (κ1) is 12.0. The van der Waals surface area contributed by atoms with Gasteiger partial charge >= 0.3 is 5.63 Å². The number of ether oxygens (including phenoxy) is 1. The summed E-state index contributed by atoms with van der Waals surface area (Å²) in [5.41, 5.74) is -0.223. The maximum absolute atomic E-state index is 12.2. The van der Waals surface area contributed by atoms with Crippen LogP contribution in [-0.4, -0.2) is 11.4 Å². The molecule has 19 heavy (non-hydrogen) atoms. The molecule has 1 aliphatic rings. The van der Waals surface area contributed by atoms with Crippen molar-refractivity contribution in [2.24, 2.45) is 0 Å². The number of aliphatic hydroxyl groups is 1. The normalized spacial score (nSPS) is 25.7. The van der Waals surface area contributed by atoms with E-state index in [0.29, 0.717) is 22.3 Å². The van der Waals surface area contributed by atoms with Crippen LogP contribution in [0.25, 0.3) is 11.0 Å². The van der Waals surface area contributed by atoms with Gasteiger partial charge in [0.15, 0.2) is 6.29 Å². The van der Waals surface area contributed by atoms with Crippen molar-refractivity contribution in [3.05, 3.63) is 52.9 Å². The number of rotatable bonds is 1. The van der Waals surface area contributed by atoms with Gasteiger partial charge in [-0.1, -0.05) is 25.1 Å². The Morgan fingerprint density at radius 2 is 2.21 bits per heavy atom. The molecular formula is C15H14O4. The number of hydrogen-bond acceptors (Lipinski definition) is 4. The van der Waals surface area contributed by atoms with Crippen LogP contribution in [0.4, 0.5) is 0 Å². The zero-order valence-electron chi connectivity index (χ0n) is 10.6. The van der Waals surface area contributed by atoms with E-state index in [0.717, 1.165) is 0 Å². The van der Waals surface area contributed by atoms with Crippen LogP contribution in [0.5, 0.6) is 5.75 Å². The fourth-order valence-electron chi connectivity index (χ4n) is 2.56. The van der Waals surface area contributed by atoms with Crippen LogP contribution in [0.1, 0.15) is 18.9 Å². The van der Waals surface area contributed by atoms with Crippen molar-refractivity contribution in [2.75, 3.05) is 0 Å². The molecule has 4 heteroatoms. The van der Waals surface area contributed by atoms with Gasteiger partial charge in [0, 0.05) is 11.8 Å². The lowest BCUT2D eigenvalue weighted by Gasteiger charge is -2.34. The van der Waals surface area contributed by atoms with Crippen molar-refractivity contribution in [2.45, 2.75) is 25.0 Å². The Labute approximate surface area is 109 Å². The van der Waals surface area contributed by atoms with Gasteiger partial charge < -0.3 is 14.3 Å². The molecule has 2 atom stereocenters. The molecule has 0 saturated heterocycles. The molecule has 98 valence electrons. The average Bonchev–Trinajstić information content (AvgIpc) is 2.38. The smallest absolute Gasteiger partial charge is 0.344 e. The predicted molar refractivity (Wildman–Crippen MR) is 71.3 cm³/mol. The molecule has 1 aliphatic heterocycles. The topological polar surface area (TPSA) is 59.7 Å². The Bertz CT molecular complexity index is 716. The highest BCUT2D eigenvalue weighted by atomic mass is 16.6. The number of para-hydroxylation sites is 1. The van der Waals surface area contributed by atoms with Crippen LogP contribution < -0.4 is 10.4 Å². The Morgan fingerprint density at radius 3 is 2.95 bits per heavy atom. The van der Waals surface area contributed by atoms with Gasteiger partial charge in [-0.2, -0.15) is 0 Å². The van der Waals surface area contributed by atoms with Gasteiger partial charge in [-0.3, -0.25) is 0 Å². The molecule has 0 aliphatic carbocycles. The second-order valence-corrected chi connectivity index (χ2v) is 4.99. The van der Waals surface area contributed by atoms with Gasteiger partial charge in [-0.05, 0) is 12.1 Å². The van der Waals surface area contributed by atoms with E-state index in [1.165, 1.54) is 0 Å². The molecule has 1 N–H and O–H groups in total. The zero-order valence-corrected chi connectivity index (χ0v) is 10.6. The highest BCUT2D eigenvalue weighted by molar-refractivity contribution is 5.85. The molecule has 0 spiro atoms. The molecule has 0 saturated carbocycles. The maximum Gasteiger partial charge on any atom is 0.344 e. The minimum absolute atomic E-state index is 0.284. The summed E-state index contributed by atoms with van der Waals surface area (Å²) in [6, 6.07) is 7.12. The van der Waals surface area contributed by atoms with Gasteiger partial charge in [0.2, 0.25) is 0 Å². The number of aliphatic hydroxyl groups excluding tert-OH is 1. The van der Waals surface area contributed by atoms with Gasteiger partial charge in [-0.25, -0.2) is 4.79 Å². The molecule has 0 amide bonds. The van der Waals surface area contributed by atoms with E-state index in [-0.39, 0.29) is 6.42 Å². The highest BCUT2D eigenvalue weighted by Gasteiger charge is 2.39. The molecular weight excluding hydrogens is 244 g/mol. The molecule has 0 fully saturated rings. The first-order chi connectivity index (χ1) is 9.05. The van der Waals surface area contributed by atoms with E-state index < -0.39 is 17.3 Å². The number of allylic oxidation sites excluding steroid dienone is 1. The Kier molecular flexibility index (Phi) is 2.50. The fourth-order valence-corrected chi connectivity index (χ4v) is 2.56. The lowest BCUT2D eigenvalue weighted by molar-refractivity contribution is -0.0458. The molecule has 0 radical (unpaired) electrons. The second kappa shape index (κ2) is 3.96. The molecule has 1 unspecified atom stereocenters. The molecule has 1 aromatic heterocycles. The summed E-state index contributed by atoms with van der Waals surface area (Å²) in [7, 11) is 0. The SMILES string of the molecule is C=C[C@]1(C)CC(O)Oc2c1c(=O)oc1ccccc21. The minimum atomic E-state index is -0.958. The third-order valence-corrected chi connectivity index (χ3v) is 3.64. The van der Waals surface area contributed by atoms with Crippen molar-refractivity contribution in [1.82, 2.24) is 0 Å². The third-order valence-electron chi connectivity index (χ3n) is 3.64. The highest BCUT2D eigenvalue weighted by Crippen LogP contribution is 2.42. The first-order valence-electron chi connectivity index (χ1n) is 6.10. The molecule has 3 rings (SSSR count). The molecule has 2 heterocycles. The monoisotopic (exact) mass is 258 g/mol. The number of fused-ring (bicyclic) bond motifs is 3. The summed E-state index contributed by atoms with van der Waals surface area (Å²) in [4.78, 5) is 12.2. The van der Waals surface area contributed by atoms with Gasteiger partial charge in [0.05, 0.1) is 10.9 Å². The van der Waals surface area contributed by atoms with Crippen molar-refractivity contribution in [3.8, 4) is 5.75 Å². The zero-order chi connectivity index (χ0) is 13.6. The second-order valence-electron chi connectivity index (χ2n) is 4.99. The standard InChI is InChI=1S/C15H14O4/c1-3-15(2)8-11(16)19-13-9-6-4-5-7-10(9)18-14(17)12(13)15/h3-7,11,16H,1,8H2,2H3/t11?,15-/m1/s1. The van der Waals surface area contributed by atoms with Gasteiger partial charge in [0.25, 0.3) is 0 Å². The van der Waals surface area contributed by atoms with Crippen molar-refractivity contribution < 1.29 is 14.3 Å². The Balaban J connectivity index is 2.44. The summed E-state index contributed by atoms with van der Waals surface area (Å²) in [5.74, 6) is 0.396. The van der Waals surface area contributed by atoms with Crippen LogP contribution >= 0.6 is 0 Å². The number of hydrogen-bond donors (Lipinski definition) is 1. The van der Waals surface area contributed by atoms with E-state index in [1.807, 2.05) is 13.0 Å². The predicted octanol–water partition coefficient (Wildman–Crippen LogP) is 2.34. The lowest BCUT2D eigenvalue weighted by Crippen LogP contribution is -2.38. The average molecular weight is 258 g/mol. The summed E-state index contributed by atoms with van der Waals surface area (Å²) in [5, 5.41) is 10.6. The van der Waals surface area contributed by atoms with Crippen LogP contribution in [0.2, 0.25) is 0 Å². The van der Waals surface area contributed by atoms with Crippen LogP contribution in [0.3, 0.4) is 0 Å². The van der Waals surface area contributed by atoms with Crippen LogP contribution in [0.15, 0.2) is 46.1 Å². The summed E-state index contributed by atoms with van der Waals surface area (Å²) >= 11 is 0. The van der Waals surface area contributed by atoms with Crippen molar-refractivity contribution in [1.29, 1.82) is 0 Å². The molecule has 1 aromatic carbocycles. The first-order valence-corrected chi connectivity index (χ1v) is 6.10. The van der Waals surface area contributed by atoms with Crippen molar-refractivity contribution in [3.63, 3.8) is 0 Å². The minimum Gasteiger partial charge on any atom is -0.464 e. The largest absolute Gasteiger partial charge is 0.464 e. The summed E-state index contributed by atoms with van der Waals surface area (Å²) in [6.45, 7) is 5.61. The van der Waals surface area contributed by atoms with Gasteiger partial charge in [0.1, 0.15) is 11.3 Å². The third kappa shape index (κ3) is 1.68. The maximum atomic E-state index is 12.2. The quantitative estimate of drug-likeness (QED) is 0.630. The van der Waals surface area contributed by atoms with Crippen LogP contribution in [-0.2, 0) is 5.41 Å². The van der Waals surface area contributed by atoms with E-state index in [2.05, 4.69) is 6.58 Å². The van der Waals surface area contributed by atoms with E-state index in [4.69, 9.17) is 9.15 Å². The Morgan fingerprint density at radius 1 is 1.47 bits per heavy atom. The number of benzene rings is 1. The summed E-state index contributed by atoms with van der Waals surface area (Å²) < 4.78 is 10.8. The van der Waals surface area contributed by atoms with Crippen LogP contribution in [0, 0.1) is 0 Å². The summed E-state index contributed by atoms with van der Waals surface area (Å²) in [6.07, 6.45) is 0.983. The molecule has 2 aromatic rings. The van der Waals surface area contributed by atoms with E-state index >= 15 is 0 Å². The van der Waals surface area contributed by atoms with E-state index in [9.17, 15) is 9.90 Å². The van der Waals surface area contributed by atoms with E-state index in [1.54, 1.807) is 24.3 Å². The fraction of sp³-hybridized carbons (Fsp3) is 0.267.